The van der Waals surface area contributed by atoms with Crippen molar-refractivity contribution in [3.8, 4) is 11.6 Å². The van der Waals surface area contributed by atoms with E-state index in [0.29, 0.717) is 23.3 Å². The third-order valence-corrected chi connectivity index (χ3v) is 4.62. The summed E-state index contributed by atoms with van der Waals surface area (Å²) < 4.78 is 7.31. The average Bonchev–Trinajstić information content (AvgIpc) is 3.26. The zero-order chi connectivity index (χ0) is 18.5. The molecule has 0 saturated heterocycles. The van der Waals surface area contributed by atoms with E-state index < -0.39 is 17.2 Å². The maximum Gasteiger partial charge on any atom is 0.318 e. The number of hydrogen-bond acceptors (Lipinski definition) is 6. The van der Waals surface area contributed by atoms with E-state index in [1.807, 2.05) is 34.9 Å². The summed E-state index contributed by atoms with van der Waals surface area (Å²) in [4.78, 5) is 22.8. The summed E-state index contributed by atoms with van der Waals surface area (Å²) >= 11 is 1.19. The Morgan fingerprint density at radius 3 is 2.65 bits per heavy atom. The highest BCUT2D eigenvalue weighted by Gasteiger charge is 2.22. The first-order chi connectivity index (χ1) is 12.5. The molecular formula is C17H17N5O3S. The molecule has 134 valence electrons. The van der Waals surface area contributed by atoms with Gasteiger partial charge in [-0.1, -0.05) is 42.1 Å². The van der Waals surface area contributed by atoms with Gasteiger partial charge in [0.05, 0.1) is 18.1 Å². The molecule has 8 nitrogen and oxygen atoms in total. The van der Waals surface area contributed by atoms with Crippen LogP contribution >= 0.6 is 11.8 Å². The zero-order valence-corrected chi connectivity index (χ0v) is 14.8. The first-order valence-electron chi connectivity index (χ1n) is 7.82. The topological polar surface area (TPSA) is 116 Å². The lowest BCUT2D eigenvalue weighted by atomic mass is 10.2. The lowest BCUT2D eigenvalue weighted by molar-refractivity contribution is -0.119. The number of aromatic nitrogens is 3. The normalized spacial score (nSPS) is 11.9. The maximum absolute atomic E-state index is 12.0. The quantitative estimate of drug-likeness (QED) is 0.642. The van der Waals surface area contributed by atoms with Crippen molar-refractivity contribution in [3.05, 3.63) is 54.3 Å². The highest BCUT2D eigenvalue weighted by molar-refractivity contribution is 8.00. The van der Waals surface area contributed by atoms with E-state index in [1.165, 1.54) is 11.8 Å². The molecule has 0 aliphatic rings. The lowest BCUT2D eigenvalue weighted by Crippen LogP contribution is -2.39. The first kappa shape index (κ1) is 17.7. The Morgan fingerprint density at radius 1 is 1.23 bits per heavy atom. The van der Waals surface area contributed by atoms with Gasteiger partial charge in [0.15, 0.2) is 10.9 Å². The van der Waals surface area contributed by atoms with Gasteiger partial charge in [0.1, 0.15) is 0 Å². The number of amides is 3. The highest BCUT2D eigenvalue weighted by atomic mass is 32.2. The Morgan fingerprint density at radius 2 is 2.00 bits per heavy atom. The number of rotatable bonds is 6. The zero-order valence-electron chi connectivity index (χ0n) is 14.0. The van der Waals surface area contributed by atoms with Crippen LogP contribution in [0.4, 0.5) is 4.79 Å². The fourth-order valence-corrected chi connectivity index (χ4v) is 3.16. The molecule has 0 aliphatic carbocycles. The summed E-state index contributed by atoms with van der Waals surface area (Å²) in [7, 11) is 0. The number of primary amides is 1. The molecule has 0 saturated carbocycles. The number of thioether (sulfide) groups is 1. The number of urea groups is 1. The molecule has 0 unspecified atom stereocenters. The summed E-state index contributed by atoms with van der Waals surface area (Å²) in [5.41, 5.74) is 6.05. The van der Waals surface area contributed by atoms with Gasteiger partial charge in [-0.3, -0.25) is 14.7 Å². The molecule has 9 heteroatoms. The minimum Gasteiger partial charge on any atom is -0.461 e. The van der Waals surface area contributed by atoms with Gasteiger partial charge in [-0.25, -0.2) is 4.79 Å². The molecule has 1 aromatic carbocycles. The van der Waals surface area contributed by atoms with Gasteiger partial charge >= 0.3 is 6.03 Å². The van der Waals surface area contributed by atoms with Crippen molar-refractivity contribution in [1.29, 1.82) is 0 Å². The van der Waals surface area contributed by atoms with Crippen molar-refractivity contribution >= 4 is 23.7 Å². The molecule has 0 radical (unpaired) electrons. The second-order valence-corrected chi connectivity index (χ2v) is 6.78. The third kappa shape index (κ3) is 4.12. The molecule has 26 heavy (non-hydrogen) atoms. The maximum atomic E-state index is 12.0. The van der Waals surface area contributed by atoms with E-state index in [4.69, 9.17) is 10.2 Å². The number of carbonyl (C=O) groups is 2. The van der Waals surface area contributed by atoms with Crippen LogP contribution < -0.4 is 11.1 Å². The molecule has 2 aromatic heterocycles. The van der Waals surface area contributed by atoms with Crippen LogP contribution in [0.25, 0.3) is 11.6 Å². The van der Waals surface area contributed by atoms with Crippen molar-refractivity contribution in [3.63, 3.8) is 0 Å². The number of nitrogens with one attached hydrogen (secondary N) is 1. The molecule has 0 spiro atoms. The second-order valence-electron chi connectivity index (χ2n) is 5.47. The molecule has 3 rings (SSSR count). The monoisotopic (exact) mass is 371 g/mol. The van der Waals surface area contributed by atoms with E-state index >= 15 is 0 Å². The van der Waals surface area contributed by atoms with Gasteiger partial charge in [0, 0.05) is 0 Å². The van der Waals surface area contributed by atoms with Gasteiger partial charge < -0.3 is 10.2 Å². The Balaban J connectivity index is 1.90. The van der Waals surface area contributed by atoms with Gasteiger partial charge in [0.25, 0.3) is 0 Å². The molecule has 3 amide bonds. The third-order valence-electron chi connectivity index (χ3n) is 3.54. The van der Waals surface area contributed by atoms with Crippen molar-refractivity contribution < 1.29 is 14.0 Å². The van der Waals surface area contributed by atoms with Gasteiger partial charge in [-0.15, -0.1) is 10.2 Å². The predicted molar refractivity (Wildman–Crippen MR) is 96.3 cm³/mol. The fraction of sp³-hybridized carbons (Fsp3) is 0.176. The van der Waals surface area contributed by atoms with Crippen LogP contribution in [-0.2, 0) is 11.3 Å². The Bertz CT molecular complexity index is 893. The van der Waals surface area contributed by atoms with Crippen LogP contribution in [0.5, 0.6) is 0 Å². The molecule has 2 heterocycles. The number of nitrogens with zero attached hydrogens (tertiary/aromatic N) is 3. The number of carbonyl (C=O) groups excluding carboxylic acids is 2. The van der Waals surface area contributed by atoms with Crippen LogP contribution in [0, 0.1) is 0 Å². The van der Waals surface area contributed by atoms with Crippen molar-refractivity contribution in [2.75, 3.05) is 0 Å². The summed E-state index contributed by atoms with van der Waals surface area (Å²) in [6.45, 7) is 2.17. The highest BCUT2D eigenvalue weighted by Crippen LogP contribution is 2.28. The van der Waals surface area contributed by atoms with E-state index in [1.54, 1.807) is 25.3 Å². The van der Waals surface area contributed by atoms with Crippen LogP contribution in [0.1, 0.15) is 12.5 Å². The predicted octanol–water partition coefficient (Wildman–Crippen LogP) is 2.26. The molecule has 0 bridgehead atoms. The number of nitrogens with two attached hydrogens (primary N) is 1. The van der Waals surface area contributed by atoms with Crippen LogP contribution in [0.15, 0.2) is 58.3 Å². The summed E-state index contributed by atoms with van der Waals surface area (Å²) in [5, 5.41) is 10.4. The van der Waals surface area contributed by atoms with Crippen LogP contribution in [0.3, 0.4) is 0 Å². The van der Waals surface area contributed by atoms with Crippen molar-refractivity contribution in [2.45, 2.75) is 23.9 Å². The van der Waals surface area contributed by atoms with Gasteiger partial charge in [-0.2, -0.15) is 0 Å². The number of benzene rings is 1. The van der Waals surface area contributed by atoms with Crippen LogP contribution in [-0.4, -0.2) is 32.0 Å². The summed E-state index contributed by atoms with van der Waals surface area (Å²) in [6.07, 6.45) is 1.56. The summed E-state index contributed by atoms with van der Waals surface area (Å²) in [6, 6.07) is 12.5. The van der Waals surface area contributed by atoms with Crippen molar-refractivity contribution in [2.24, 2.45) is 5.73 Å². The van der Waals surface area contributed by atoms with E-state index in [2.05, 4.69) is 15.5 Å². The molecule has 3 aromatic rings. The number of hydrogen-bond donors (Lipinski definition) is 2. The van der Waals surface area contributed by atoms with E-state index in [9.17, 15) is 9.59 Å². The Hall–Kier alpha value is -3.07. The summed E-state index contributed by atoms with van der Waals surface area (Å²) in [5.74, 6) is 0.648. The molecule has 1 atom stereocenters. The largest absolute Gasteiger partial charge is 0.461 e. The minimum absolute atomic E-state index is 0.490. The standard InChI is InChI=1S/C17H17N5O3S/c1-11(15(23)19-16(18)24)26-17-21-20-14(13-8-5-9-25-13)22(17)10-12-6-3-2-4-7-12/h2-9,11H,10H2,1H3,(H3,18,19,23,24)/t11-/m0/s1. The molecule has 3 N–H and O–H groups in total. The second kappa shape index (κ2) is 7.87. The Labute approximate surface area is 153 Å². The molecule has 0 aliphatic heterocycles. The van der Waals surface area contributed by atoms with E-state index in [-0.39, 0.29) is 0 Å². The Kier molecular flexibility index (Phi) is 5.37. The van der Waals surface area contributed by atoms with E-state index in [0.717, 1.165) is 5.56 Å². The molecule has 0 fully saturated rings. The van der Waals surface area contributed by atoms with Crippen LogP contribution in [0.2, 0.25) is 0 Å². The SMILES string of the molecule is C[C@H](Sc1nnc(-c2ccco2)n1Cc1ccccc1)C(=O)NC(N)=O. The number of imide groups is 1. The van der Waals surface area contributed by atoms with Crippen molar-refractivity contribution in [1.82, 2.24) is 20.1 Å². The smallest absolute Gasteiger partial charge is 0.318 e. The lowest BCUT2D eigenvalue weighted by Gasteiger charge is -2.12. The van der Waals surface area contributed by atoms with Gasteiger partial charge in [0.2, 0.25) is 11.7 Å². The molecular weight excluding hydrogens is 354 g/mol. The average molecular weight is 371 g/mol. The minimum atomic E-state index is -0.885. The van der Waals surface area contributed by atoms with Gasteiger partial charge in [-0.05, 0) is 24.6 Å². The first-order valence-corrected chi connectivity index (χ1v) is 8.70. The fourth-order valence-electron chi connectivity index (χ4n) is 2.31. The number of furan rings is 1.